The van der Waals surface area contributed by atoms with E-state index in [0.717, 1.165) is 5.56 Å². The summed E-state index contributed by atoms with van der Waals surface area (Å²) >= 11 is 0. The number of rotatable bonds is 8. The number of hydrogen-bond donors (Lipinski definition) is 1. The molecule has 2 rings (SSSR count). The number of ether oxygens (including phenoxy) is 2. The van der Waals surface area contributed by atoms with Gasteiger partial charge in [-0.1, -0.05) is 18.2 Å². The monoisotopic (exact) mass is 370 g/mol. The average molecular weight is 370 g/mol. The normalized spacial score (nSPS) is 11.8. The molecule has 1 atom stereocenters. The van der Waals surface area contributed by atoms with Crippen LogP contribution in [0.15, 0.2) is 42.5 Å². The zero-order valence-electron chi connectivity index (χ0n) is 16.4. The molecule has 144 valence electrons. The number of benzene rings is 2. The molecule has 0 aliphatic carbocycles. The van der Waals surface area contributed by atoms with Crippen LogP contribution in [-0.4, -0.2) is 43.9 Å². The zero-order chi connectivity index (χ0) is 20.0. The van der Waals surface area contributed by atoms with Crippen molar-refractivity contribution in [3.8, 4) is 11.5 Å². The molecule has 2 aromatic carbocycles. The fraction of sp³-hybridized carbons (Fsp3) is 0.333. The Hall–Kier alpha value is -2.86. The first-order valence-corrected chi connectivity index (χ1v) is 8.68. The van der Waals surface area contributed by atoms with Gasteiger partial charge in [-0.3, -0.25) is 14.5 Å². The fourth-order valence-electron chi connectivity index (χ4n) is 2.67. The van der Waals surface area contributed by atoms with Gasteiger partial charge in [0, 0.05) is 17.8 Å². The van der Waals surface area contributed by atoms with E-state index in [-0.39, 0.29) is 17.7 Å². The molecule has 0 saturated heterocycles. The van der Waals surface area contributed by atoms with Gasteiger partial charge in [0.1, 0.15) is 0 Å². The van der Waals surface area contributed by atoms with E-state index in [0.29, 0.717) is 29.3 Å². The van der Waals surface area contributed by atoms with Crippen LogP contribution < -0.4 is 14.8 Å². The molecule has 0 bridgehead atoms. The quantitative estimate of drug-likeness (QED) is 0.722. The lowest BCUT2D eigenvalue weighted by Crippen LogP contribution is -2.39. The Balaban J connectivity index is 2.04. The summed E-state index contributed by atoms with van der Waals surface area (Å²) in [6.07, 6.45) is 0. The first-order chi connectivity index (χ1) is 12.8. The van der Waals surface area contributed by atoms with E-state index in [1.54, 1.807) is 38.5 Å². The largest absolute Gasteiger partial charge is 0.493 e. The van der Waals surface area contributed by atoms with Gasteiger partial charge in [0.2, 0.25) is 5.91 Å². The van der Waals surface area contributed by atoms with Gasteiger partial charge in [-0.25, -0.2) is 0 Å². The van der Waals surface area contributed by atoms with Crippen LogP contribution in [0, 0.1) is 0 Å². The van der Waals surface area contributed by atoms with E-state index in [1.807, 2.05) is 37.1 Å². The fourth-order valence-corrected chi connectivity index (χ4v) is 2.67. The topological polar surface area (TPSA) is 67.9 Å². The van der Waals surface area contributed by atoms with Crippen molar-refractivity contribution in [2.75, 3.05) is 26.6 Å². The Morgan fingerprint density at radius 3 is 2.41 bits per heavy atom. The minimum Gasteiger partial charge on any atom is -0.493 e. The summed E-state index contributed by atoms with van der Waals surface area (Å²) in [5.41, 5.74) is 2.19. The number of nitrogens with zero attached hydrogens (tertiary/aromatic N) is 1. The molecule has 0 saturated carbocycles. The van der Waals surface area contributed by atoms with Gasteiger partial charge in [0.25, 0.3) is 0 Å². The van der Waals surface area contributed by atoms with Crippen molar-refractivity contribution in [2.45, 2.75) is 26.4 Å². The van der Waals surface area contributed by atoms with Crippen LogP contribution >= 0.6 is 0 Å². The average Bonchev–Trinajstić information content (AvgIpc) is 2.67. The van der Waals surface area contributed by atoms with Crippen molar-refractivity contribution in [1.29, 1.82) is 0 Å². The molecule has 0 unspecified atom stereocenters. The van der Waals surface area contributed by atoms with Crippen LogP contribution in [0.25, 0.3) is 0 Å². The van der Waals surface area contributed by atoms with Crippen molar-refractivity contribution in [3.05, 3.63) is 53.6 Å². The maximum absolute atomic E-state index is 12.6. The van der Waals surface area contributed by atoms with Gasteiger partial charge in [0.05, 0.1) is 20.3 Å². The van der Waals surface area contributed by atoms with Gasteiger partial charge < -0.3 is 14.8 Å². The van der Waals surface area contributed by atoms with Crippen LogP contribution in [0.3, 0.4) is 0 Å². The van der Waals surface area contributed by atoms with E-state index < -0.39 is 0 Å². The number of nitrogens with one attached hydrogen (secondary N) is 1. The van der Waals surface area contributed by atoms with Crippen molar-refractivity contribution in [1.82, 2.24) is 4.90 Å². The highest BCUT2D eigenvalue weighted by Gasteiger charge is 2.19. The van der Waals surface area contributed by atoms with Crippen molar-refractivity contribution in [2.24, 2.45) is 0 Å². The Labute approximate surface area is 160 Å². The number of anilines is 1. The lowest BCUT2D eigenvalue weighted by Gasteiger charge is -2.24. The number of carbonyl (C=O) groups is 2. The van der Waals surface area contributed by atoms with Gasteiger partial charge in [-0.15, -0.1) is 0 Å². The summed E-state index contributed by atoms with van der Waals surface area (Å²) in [5.74, 6) is 1.14. The molecule has 0 aliphatic rings. The maximum Gasteiger partial charge on any atom is 0.241 e. The highest BCUT2D eigenvalue weighted by molar-refractivity contribution is 5.98. The van der Waals surface area contributed by atoms with E-state index in [9.17, 15) is 9.59 Å². The molecule has 0 aromatic heterocycles. The van der Waals surface area contributed by atoms with Crippen LogP contribution in [-0.2, 0) is 11.3 Å². The first-order valence-electron chi connectivity index (χ1n) is 8.68. The Kier molecular flexibility index (Phi) is 6.96. The standard InChI is InChI=1S/C21H26N2O4/c1-14(21(25)22-18-8-6-7-17(12-18)15(2)24)23(3)13-16-9-10-19(26-4)20(11-16)27-5/h6-12,14H,13H2,1-5H3,(H,22,25)/t14-/m0/s1. The number of Topliss-reactive ketones (excluding diaryl/α,β-unsaturated/α-hetero) is 1. The maximum atomic E-state index is 12.6. The van der Waals surface area contributed by atoms with Gasteiger partial charge in [0.15, 0.2) is 17.3 Å². The van der Waals surface area contributed by atoms with Crippen LogP contribution in [0.4, 0.5) is 5.69 Å². The molecule has 0 heterocycles. The highest BCUT2D eigenvalue weighted by atomic mass is 16.5. The Morgan fingerprint density at radius 1 is 1.07 bits per heavy atom. The molecule has 0 spiro atoms. The molecule has 6 nitrogen and oxygen atoms in total. The lowest BCUT2D eigenvalue weighted by atomic mass is 10.1. The van der Waals surface area contributed by atoms with Crippen molar-refractivity contribution in [3.63, 3.8) is 0 Å². The van der Waals surface area contributed by atoms with E-state index >= 15 is 0 Å². The molecular weight excluding hydrogens is 344 g/mol. The Bertz CT molecular complexity index is 820. The molecule has 0 fully saturated rings. The molecule has 6 heteroatoms. The molecule has 1 N–H and O–H groups in total. The smallest absolute Gasteiger partial charge is 0.241 e. The van der Waals surface area contributed by atoms with Crippen LogP contribution in [0.1, 0.15) is 29.8 Å². The summed E-state index contributed by atoms with van der Waals surface area (Å²) in [7, 11) is 5.07. The summed E-state index contributed by atoms with van der Waals surface area (Å²) in [6, 6.07) is 12.3. The summed E-state index contributed by atoms with van der Waals surface area (Å²) in [5, 5.41) is 2.87. The predicted molar refractivity (Wildman–Crippen MR) is 106 cm³/mol. The minimum atomic E-state index is -0.362. The Morgan fingerprint density at radius 2 is 1.78 bits per heavy atom. The van der Waals surface area contributed by atoms with E-state index in [1.165, 1.54) is 6.92 Å². The van der Waals surface area contributed by atoms with E-state index in [2.05, 4.69) is 5.32 Å². The van der Waals surface area contributed by atoms with Crippen molar-refractivity contribution < 1.29 is 19.1 Å². The molecule has 0 radical (unpaired) electrons. The number of methoxy groups -OCH3 is 2. The number of carbonyl (C=O) groups excluding carboxylic acids is 2. The predicted octanol–water partition coefficient (Wildman–Crippen LogP) is 3.37. The first kappa shape index (κ1) is 20.5. The second kappa shape index (κ2) is 9.19. The zero-order valence-corrected chi connectivity index (χ0v) is 16.4. The summed E-state index contributed by atoms with van der Waals surface area (Å²) < 4.78 is 10.6. The molecular formula is C21H26N2O4. The third-order valence-electron chi connectivity index (χ3n) is 4.46. The van der Waals surface area contributed by atoms with Gasteiger partial charge in [-0.2, -0.15) is 0 Å². The highest BCUT2D eigenvalue weighted by Crippen LogP contribution is 2.28. The lowest BCUT2D eigenvalue weighted by molar-refractivity contribution is -0.120. The molecule has 2 aromatic rings. The molecule has 0 aliphatic heterocycles. The number of likely N-dealkylation sites (N-methyl/N-ethyl adjacent to an activating group) is 1. The number of ketones is 1. The second-order valence-electron chi connectivity index (χ2n) is 6.41. The summed E-state index contributed by atoms with van der Waals surface area (Å²) in [6.45, 7) is 3.91. The van der Waals surface area contributed by atoms with Crippen molar-refractivity contribution >= 4 is 17.4 Å². The van der Waals surface area contributed by atoms with Crippen LogP contribution in [0.5, 0.6) is 11.5 Å². The minimum absolute atomic E-state index is 0.0373. The summed E-state index contributed by atoms with van der Waals surface area (Å²) in [4.78, 5) is 26.0. The van der Waals surface area contributed by atoms with Crippen LogP contribution in [0.2, 0.25) is 0 Å². The third-order valence-corrected chi connectivity index (χ3v) is 4.46. The third kappa shape index (κ3) is 5.31. The molecule has 1 amide bonds. The number of amides is 1. The van der Waals surface area contributed by atoms with Gasteiger partial charge >= 0.3 is 0 Å². The SMILES string of the molecule is COc1ccc(CN(C)[C@@H](C)C(=O)Nc2cccc(C(C)=O)c2)cc1OC. The molecule has 27 heavy (non-hydrogen) atoms. The van der Waals surface area contributed by atoms with E-state index in [4.69, 9.17) is 9.47 Å². The number of hydrogen-bond acceptors (Lipinski definition) is 5. The second-order valence-corrected chi connectivity index (χ2v) is 6.41. The van der Waals surface area contributed by atoms with Gasteiger partial charge in [-0.05, 0) is 50.7 Å².